The Morgan fingerprint density at radius 3 is 2.94 bits per heavy atom. The van der Waals surface area contributed by atoms with E-state index in [4.69, 9.17) is 0 Å². The van der Waals surface area contributed by atoms with E-state index in [1.54, 1.807) is 11.1 Å². The Morgan fingerprint density at radius 2 is 2.17 bits per heavy atom. The first-order valence-electron chi connectivity index (χ1n) is 7.19. The summed E-state index contributed by atoms with van der Waals surface area (Å²) >= 11 is 2.07. The molecule has 1 N–H and O–H groups in total. The van der Waals surface area contributed by atoms with E-state index in [0.717, 1.165) is 5.92 Å². The van der Waals surface area contributed by atoms with Gasteiger partial charge in [0.25, 0.3) is 0 Å². The van der Waals surface area contributed by atoms with Crippen molar-refractivity contribution < 1.29 is 0 Å². The average molecular weight is 263 g/mol. The van der Waals surface area contributed by atoms with Crippen LogP contribution in [0.15, 0.2) is 24.3 Å². The molecule has 2 unspecified atom stereocenters. The molecule has 0 spiro atoms. The molecule has 2 atom stereocenters. The second-order valence-electron chi connectivity index (χ2n) is 5.10. The molecule has 0 bridgehead atoms. The Bertz CT molecular complexity index is 364. The van der Waals surface area contributed by atoms with Gasteiger partial charge in [0.1, 0.15) is 0 Å². The predicted octanol–water partition coefficient (Wildman–Crippen LogP) is 4.04. The smallest absolute Gasteiger partial charge is 0.0349 e. The second-order valence-corrected chi connectivity index (χ2v) is 6.50. The summed E-state index contributed by atoms with van der Waals surface area (Å²) in [5.74, 6) is 3.35. The minimum Gasteiger partial charge on any atom is -0.313 e. The molecule has 0 saturated heterocycles. The number of aryl methyl sites for hydroxylation is 1. The minimum atomic E-state index is 0.557. The number of rotatable bonds is 5. The molecule has 100 valence electrons. The number of hydrogen-bond acceptors (Lipinski definition) is 2. The van der Waals surface area contributed by atoms with Gasteiger partial charge < -0.3 is 5.32 Å². The normalized spacial score (nSPS) is 23.4. The van der Waals surface area contributed by atoms with Gasteiger partial charge >= 0.3 is 0 Å². The second kappa shape index (κ2) is 7.20. The lowest BCUT2D eigenvalue weighted by atomic mass is 9.89. The SMILES string of the molecule is CCSCCC1CCCc2ccccc2C1NC. The maximum atomic E-state index is 3.57. The van der Waals surface area contributed by atoms with E-state index in [-0.39, 0.29) is 0 Å². The highest BCUT2D eigenvalue weighted by molar-refractivity contribution is 7.99. The summed E-state index contributed by atoms with van der Waals surface area (Å²) in [6.07, 6.45) is 5.31. The van der Waals surface area contributed by atoms with E-state index < -0.39 is 0 Å². The third-order valence-electron chi connectivity index (χ3n) is 4.03. The Kier molecular flexibility index (Phi) is 5.58. The van der Waals surface area contributed by atoms with Gasteiger partial charge in [-0.25, -0.2) is 0 Å². The molecule has 1 aliphatic carbocycles. The maximum absolute atomic E-state index is 3.57. The number of fused-ring (bicyclic) bond motifs is 1. The van der Waals surface area contributed by atoms with Gasteiger partial charge in [-0.15, -0.1) is 0 Å². The van der Waals surface area contributed by atoms with E-state index in [0.29, 0.717) is 6.04 Å². The van der Waals surface area contributed by atoms with Crippen molar-refractivity contribution in [3.63, 3.8) is 0 Å². The van der Waals surface area contributed by atoms with Gasteiger partial charge in [0, 0.05) is 6.04 Å². The van der Waals surface area contributed by atoms with E-state index in [9.17, 15) is 0 Å². The fourth-order valence-corrected chi connectivity index (χ4v) is 3.88. The van der Waals surface area contributed by atoms with Gasteiger partial charge in [0.2, 0.25) is 0 Å². The summed E-state index contributed by atoms with van der Waals surface area (Å²) in [5.41, 5.74) is 3.10. The lowest BCUT2D eigenvalue weighted by Gasteiger charge is -2.26. The zero-order chi connectivity index (χ0) is 12.8. The highest BCUT2D eigenvalue weighted by Crippen LogP contribution is 2.35. The Balaban J connectivity index is 2.12. The molecular formula is C16H25NS. The zero-order valence-electron chi connectivity index (χ0n) is 11.6. The molecule has 2 heteroatoms. The molecular weight excluding hydrogens is 238 g/mol. The summed E-state index contributed by atoms with van der Waals surface area (Å²) in [6, 6.07) is 9.55. The van der Waals surface area contributed by atoms with Crippen molar-refractivity contribution in [2.24, 2.45) is 5.92 Å². The van der Waals surface area contributed by atoms with Crippen molar-refractivity contribution in [1.29, 1.82) is 0 Å². The van der Waals surface area contributed by atoms with Crippen LogP contribution in [0.25, 0.3) is 0 Å². The largest absolute Gasteiger partial charge is 0.313 e. The monoisotopic (exact) mass is 263 g/mol. The van der Waals surface area contributed by atoms with Gasteiger partial charge in [-0.1, -0.05) is 31.2 Å². The molecule has 0 fully saturated rings. The third kappa shape index (κ3) is 3.30. The Morgan fingerprint density at radius 1 is 1.33 bits per heavy atom. The van der Waals surface area contributed by atoms with Gasteiger partial charge in [0.15, 0.2) is 0 Å². The molecule has 0 heterocycles. The molecule has 1 aliphatic rings. The van der Waals surface area contributed by atoms with Crippen LogP contribution in [-0.2, 0) is 6.42 Å². The lowest BCUT2D eigenvalue weighted by molar-refractivity contribution is 0.353. The molecule has 1 aromatic carbocycles. The first-order chi connectivity index (χ1) is 8.86. The molecule has 0 aliphatic heterocycles. The van der Waals surface area contributed by atoms with Crippen LogP contribution in [0.2, 0.25) is 0 Å². The van der Waals surface area contributed by atoms with Crippen LogP contribution in [0.4, 0.5) is 0 Å². The highest BCUT2D eigenvalue weighted by Gasteiger charge is 2.25. The Hall–Kier alpha value is -0.470. The van der Waals surface area contributed by atoms with Crippen molar-refractivity contribution in [3.8, 4) is 0 Å². The van der Waals surface area contributed by atoms with Crippen LogP contribution in [0.5, 0.6) is 0 Å². The van der Waals surface area contributed by atoms with Crippen LogP contribution in [0, 0.1) is 5.92 Å². The van der Waals surface area contributed by atoms with Crippen molar-refractivity contribution >= 4 is 11.8 Å². The molecule has 1 aromatic rings. The van der Waals surface area contributed by atoms with Crippen LogP contribution in [0.3, 0.4) is 0 Å². The molecule has 1 nitrogen and oxygen atoms in total. The van der Waals surface area contributed by atoms with E-state index >= 15 is 0 Å². The van der Waals surface area contributed by atoms with Crippen LogP contribution in [0.1, 0.15) is 43.4 Å². The fraction of sp³-hybridized carbons (Fsp3) is 0.625. The Labute approximate surface area is 116 Å². The third-order valence-corrected chi connectivity index (χ3v) is 4.96. The summed E-state index contributed by atoms with van der Waals surface area (Å²) in [7, 11) is 2.12. The van der Waals surface area contributed by atoms with Crippen molar-refractivity contribution in [2.45, 2.75) is 38.6 Å². The van der Waals surface area contributed by atoms with E-state index in [2.05, 4.69) is 55.3 Å². The van der Waals surface area contributed by atoms with Crippen LogP contribution >= 0.6 is 11.8 Å². The minimum absolute atomic E-state index is 0.557. The molecule has 18 heavy (non-hydrogen) atoms. The van der Waals surface area contributed by atoms with E-state index in [1.807, 2.05) is 0 Å². The topological polar surface area (TPSA) is 12.0 Å². The first-order valence-corrected chi connectivity index (χ1v) is 8.35. The number of nitrogens with one attached hydrogen (secondary N) is 1. The van der Waals surface area contributed by atoms with E-state index in [1.165, 1.54) is 37.2 Å². The van der Waals surface area contributed by atoms with Gasteiger partial charge in [-0.3, -0.25) is 0 Å². The molecule has 0 saturated carbocycles. The average Bonchev–Trinajstić information content (AvgIpc) is 2.58. The number of benzene rings is 1. The standard InChI is InChI=1S/C16H25NS/c1-3-18-12-11-14-9-6-8-13-7-4-5-10-15(13)16(14)17-2/h4-5,7,10,14,16-17H,3,6,8-9,11-12H2,1-2H3. The molecule has 2 rings (SSSR count). The quantitative estimate of drug-likeness (QED) is 0.635. The summed E-state index contributed by atoms with van der Waals surface area (Å²) in [6.45, 7) is 2.25. The van der Waals surface area contributed by atoms with Crippen LogP contribution in [-0.4, -0.2) is 18.6 Å². The lowest BCUT2D eigenvalue weighted by Crippen LogP contribution is -2.25. The molecule has 0 amide bonds. The summed E-state index contributed by atoms with van der Waals surface area (Å²) in [5, 5.41) is 3.57. The highest BCUT2D eigenvalue weighted by atomic mass is 32.2. The maximum Gasteiger partial charge on any atom is 0.0349 e. The summed E-state index contributed by atoms with van der Waals surface area (Å²) in [4.78, 5) is 0. The van der Waals surface area contributed by atoms with Gasteiger partial charge in [-0.05, 0) is 61.3 Å². The van der Waals surface area contributed by atoms with Crippen LogP contribution < -0.4 is 5.32 Å². The zero-order valence-corrected chi connectivity index (χ0v) is 12.4. The fourth-order valence-electron chi connectivity index (χ4n) is 3.12. The summed E-state index contributed by atoms with van der Waals surface area (Å²) < 4.78 is 0. The molecule has 0 aromatic heterocycles. The van der Waals surface area contributed by atoms with Gasteiger partial charge in [-0.2, -0.15) is 11.8 Å². The predicted molar refractivity (Wildman–Crippen MR) is 82.3 cm³/mol. The van der Waals surface area contributed by atoms with Crippen molar-refractivity contribution in [1.82, 2.24) is 5.32 Å². The van der Waals surface area contributed by atoms with Crippen molar-refractivity contribution in [2.75, 3.05) is 18.6 Å². The number of thioether (sulfide) groups is 1. The van der Waals surface area contributed by atoms with Crippen molar-refractivity contribution in [3.05, 3.63) is 35.4 Å². The number of hydrogen-bond donors (Lipinski definition) is 1. The molecule has 0 radical (unpaired) electrons. The first kappa shape index (κ1) is 14.0. The van der Waals surface area contributed by atoms with Gasteiger partial charge in [0.05, 0.1) is 0 Å².